The molecule has 0 aliphatic heterocycles. The number of hydrogen-bond donors (Lipinski definition) is 1. The summed E-state index contributed by atoms with van der Waals surface area (Å²) in [6.07, 6.45) is 1.86. The van der Waals surface area contributed by atoms with Gasteiger partial charge in [0.05, 0.1) is 6.54 Å². The zero-order chi connectivity index (χ0) is 11.5. The van der Waals surface area contributed by atoms with Gasteiger partial charge in [0.25, 0.3) is 5.91 Å². The van der Waals surface area contributed by atoms with E-state index in [0.717, 1.165) is 9.35 Å². The quantitative estimate of drug-likeness (QED) is 0.929. The van der Waals surface area contributed by atoms with Crippen LogP contribution in [0.1, 0.15) is 15.4 Å². The lowest BCUT2D eigenvalue weighted by atomic mass is 10.4. The maximum Gasteiger partial charge on any atom is 0.268 e. The summed E-state index contributed by atoms with van der Waals surface area (Å²) in [6.45, 7) is 0.570. The number of aryl methyl sites for hydroxylation is 1. The highest BCUT2D eigenvalue weighted by Crippen LogP contribution is 2.19. The molecule has 1 amide bonds. The Bertz CT molecular complexity index is 504. The number of amides is 1. The van der Waals surface area contributed by atoms with Crippen molar-refractivity contribution < 1.29 is 4.79 Å². The summed E-state index contributed by atoms with van der Waals surface area (Å²) in [4.78, 5) is 12.9. The van der Waals surface area contributed by atoms with E-state index < -0.39 is 0 Å². The largest absolute Gasteiger partial charge is 0.347 e. The molecule has 3 nitrogen and oxygen atoms in total. The van der Waals surface area contributed by atoms with Crippen LogP contribution in [0.2, 0.25) is 0 Å². The Kier molecular flexibility index (Phi) is 3.46. The molecule has 2 aromatic heterocycles. The molecule has 16 heavy (non-hydrogen) atoms. The summed E-state index contributed by atoms with van der Waals surface area (Å²) >= 11 is 5.01. The van der Waals surface area contributed by atoms with Crippen molar-refractivity contribution in [2.75, 3.05) is 0 Å². The Hall–Kier alpha value is -1.07. The van der Waals surface area contributed by atoms with Gasteiger partial charge in [-0.05, 0) is 34.1 Å². The first-order chi connectivity index (χ1) is 7.66. The molecular formula is C11H11BrN2OS. The summed E-state index contributed by atoms with van der Waals surface area (Å²) in [7, 11) is 1.86. The predicted octanol–water partition coefficient (Wildman–Crippen LogP) is 2.78. The van der Waals surface area contributed by atoms with Gasteiger partial charge >= 0.3 is 0 Å². The molecule has 0 spiro atoms. The molecule has 0 fully saturated rings. The first kappa shape index (κ1) is 11.4. The molecule has 0 aliphatic rings. The van der Waals surface area contributed by atoms with Crippen molar-refractivity contribution in [3.05, 3.63) is 44.8 Å². The average molecular weight is 299 g/mol. The maximum atomic E-state index is 11.8. The molecule has 0 unspecified atom stereocenters. The molecule has 0 radical (unpaired) electrons. The van der Waals surface area contributed by atoms with Crippen LogP contribution in [-0.4, -0.2) is 10.5 Å². The molecule has 0 saturated heterocycles. The molecule has 1 N–H and O–H groups in total. The van der Waals surface area contributed by atoms with Gasteiger partial charge in [-0.1, -0.05) is 0 Å². The van der Waals surface area contributed by atoms with E-state index in [4.69, 9.17) is 0 Å². The van der Waals surface area contributed by atoms with Crippen molar-refractivity contribution in [3.63, 3.8) is 0 Å². The van der Waals surface area contributed by atoms with Crippen LogP contribution >= 0.6 is 27.3 Å². The second-order valence-electron chi connectivity index (χ2n) is 3.42. The number of carbonyl (C=O) groups is 1. The Morgan fingerprint density at radius 1 is 1.62 bits per heavy atom. The SMILES string of the molecule is Cn1cccc1C(=O)NCc1cc(Br)cs1. The van der Waals surface area contributed by atoms with Crippen molar-refractivity contribution in [2.45, 2.75) is 6.54 Å². The number of rotatable bonds is 3. The topological polar surface area (TPSA) is 34.0 Å². The van der Waals surface area contributed by atoms with Crippen LogP contribution in [0, 0.1) is 0 Å². The highest BCUT2D eigenvalue weighted by atomic mass is 79.9. The second-order valence-corrected chi connectivity index (χ2v) is 5.33. The number of nitrogens with one attached hydrogen (secondary N) is 1. The van der Waals surface area contributed by atoms with E-state index >= 15 is 0 Å². The van der Waals surface area contributed by atoms with E-state index in [0.29, 0.717) is 12.2 Å². The molecular weight excluding hydrogens is 288 g/mol. The first-order valence-electron chi connectivity index (χ1n) is 4.79. The van der Waals surface area contributed by atoms with Crippen LogP contribution in [0.25, 0.3) is 0 Å². The first-order valence-corrected chi connectivity index (χ1v) is 6.46. The van der Waals surface area contributed by atoms with E-state index in [1.165, 1.54) is 0 Å². The Labute approximate surface area is 106 Å². The highest BCUT2D eigenvalue weighted by molar-refractivity contribution is 9.10. The van der Waals surface area contributed by atoms with Crippen molar-refractivity contribution in [1.82, 2.24) is 9.88 Å². The van der Waals surface area contributed by atoms with Crippen molar-refractivity contribution in [2.24, 2.45) is 7.05 Å². The molecule has 0 bridgehead atoms. The average Bonchev–Trinajstić information content (AvgIpc) is 2.84. The molecule has 0 saturated carbocycles. The Balaban J connectivity index is 1.96. The molecule has 0 aromatic carbocycles. The van der Waals surface area contributed by atoms with Crippen LogP contribution in [0.15, 0.2) is 34.2 Å². The fourth-order valence-electron chi connectivity index (χ4n) is 1.40. The van der Waals surface area contributed by atoms with Crippen LogP contribution in [0.4, 0.5) is 0 Å². The summed E-state index contributed by atoms with van der Waals surface area (Å²) in [5.41, 5.74) is 0.677. The van der Waals surface area contributed by atoms with Gasteiger partial charge in [0.2, 0.25) is 0 Å². The number of thiophene rings is 1. The molecule has 2 rings (SSSR count). The molecule has 0 aliphatic carbocycles. The molecule has 0 atom stereocenters. The lowest BCUT2D eigenvalue weighted by Gasteiger charge is -2.04. The van der Waals surface area contributed by atoms with Crippen LogP contribution in [0.3, 0.4) is 0 Å². The second kappa shape index (κ2) is 4.84. The summed E-state index contributed by atoms with van der Waals surface area (Å²) in [6, 6.07) is 5.67. The van der Waals surface area contributed by atoms with Crippen LogP contribution in [-0.2, 0) is 13.6 Å². The van der Waals surface area contributed by atoms with Gasteiger partial charge in [-0.3, -0.25) is 4.79 Å². The van der Waals surface area contributed by atoms with Crippen LogP contribution < -0.4 is 5.32 Å². The monoisotopic (exact) mass is 298 g/mol. The normalized spacial score (nSPS) is 10.4. The van der Waals surface area contributed by atoms with E-state index in [9.17, 15) is 4.79 Å². The van der Waals surface area contributed by atoms with Gasteiger partial charge in [0.1, 0.15) is 5.69 Å². The number of aromatic nitrogens is 1. The Morgan fingerprint density at radius 3 is 3.00 bits per heavy atom. The van der Waals surface area contributed by atoms with Gasteiger partial charge in [0.15, 0.2) is 0 Å². The zero-order valence-electron chi connectivity index (χ0n) is 8.74. The minimum atomic E-state index is -0.0444. The standard InChI is InChI=1S/C11H11BrN2OS/c1-14-4-2-3-10(14)11(15)13-6-9-5-8(12)7-16-9/h2-5,7H,6H2,1H3,(H,13,15). The van der Waals surface area contributed by atoms with E-state index in [1.807, 2.05) is 30.8 Å². The predicted molar refractivity (Wildman–Crippen MR) is 68.6 cm³/mol. The van der Waals surface area contributed by atoms with Crippen LogP contribution in [0.5, 0.6) is 0 Å². The van der Waals surface area contributed by atoms with Gasteiger partial charge in [-0.15, -0.1) is 11.3 Å². The fraction of sp³-hybridized carbons (Fsp3) is 0.182. The van der Waals surface area contributed by atoms with E-state index in [-0.39, 0.29) is 5.91 Å². The minimum absolute atomic E-state index is 0.0444. The number of nitrogens with zero attached hydrogens (tertiary/aromatic N) is 1. The minimum Gasteiger partial charge on any atom is -0.347 e. The smallest absolute Gasteiger partial charge is 0.268 e. The van der Waals surface area contributed by atoms with Gasteiger partial charge in [-0.25, -0.2) is 0 Å². The summed E-state index contributed by atoms with van der Waals surface area (Å²) in [5, 5.41) is 4.89. The van der Waals surface area contributed by atoms with Crippen molar-refractivity contribution >= 4 is 33.2 Å². The highest BCUT2D eigenvalue weighted by Gasteiger charge is 2.08. The summed E-state index contributed by atoms with van der Waals surface area (Å²) in [5.74, 6) is -0.0444. The van der Waals surface area contributed by atoms with Gasteiger partial charge in [-0.2, -0.15) is 0 Å². The van der Waals surface area contributed by atoms with Gasteiger partial charge < -0.3 is 9.88 Å². The van der Waals surface area contributed by atoms with Gasteiger partial charge in [0, 0.05) is 28.0 Å². The third-order valence-electron chi connectivity index (χ3n) is 2.22. The third kappa shape index (κ3) is 2.54. The lowest BCUT2D eigenvalue weighted by molar-refractivity contribution is 0.0943. The molecule has 5 heteroatoms. The van der Waals surface area contributed by atoms with E-state index in [1.54, 1.807) is 22.0 Å². The molecule has 84 valence electrons. The van der Waals surface area contributed by atoms with E-state index in [2.05, 4.69) is 21.2 Å². The molecule has 2 aromatic rings. The molecule has 2 heterocycles. The van der Waals surface area contributed by atoms with Crippen molar-refractivity contribution in [3.8, 4) is 0 Å². The number of hydrogen-bond acceptors (Lipinski definition) is 2. The lowest BCUT2D eigenvalue weighted by Crippen LogP contribution is -2.24. The number of carbonyl (C=O) groups excluding carboxylic acids is 1. The zero-order valence-corrected chi connectivity index (χ0v) is 11.1. The third-order valence-corrected chi connectivity index (χ3v) is 3.92. The summed E-state index contributed by atoms with van der Waals surface area (Å²) < 4.78 is 2.86. The number of halogens is 1. The van der Waals surface area contributed by atoms with Crippen molar-refractivity contribution in [1.29, 1.82) is 0 Å². The fourth-order valence-corrected chi connectivity index (χ4v) is 2.79. The Morgan fingerprint density at radius 2 is 2.44 bits per heavy atom. The maximum absolute atomic E-state index is 11.8.